The van der Waals surface area contributed by atoms with Gasteiger partial charge in [-0.3, -0.25) is 9.69 Å². The summed E-state index contributed by atoms with van der Waals surface area (Å²) >= 11 is 0. The van der Waals surface area contributed by atoms with Crippen LogP contribution < -0.4 is 4.74 Å². The number of methoxy groups -OCH3 is 1. The molecule has 110 valence electrons. The maximum Gasteiger partial charge on any atom is 0.176 e. The van der Waals surface area contributed by atoms with Gasteiger partial charge in [-0.1, -0.05) is 31.9 Å². The first kappa shape index (κ1) is 15.0. The van der Waals surface area contributed by atoms with Crippen LogP contribution in [0.4, 0.5) is 0 Å². The number of Topliss-reactive ketones (excluding diaryl/α,β-unsaturated/α-hetero) is 1. The molecule has 1 aliphatic heterocycles. The Bertz CT molecular complexity index is 442. The highest BCUT2D eigenvalue weighted by atomic mass is 16.5. The van der Waals surface area contributed by atoms with Crippen molar-refractivity contribution < 1.29 is 9.53 Å². The van der Waals surface area contributed by atoms with E-state index in [2.05, 4.69) is 11.8 Å². The van der Waals surface area contributed by atoms with Crippen LogP contribution >= 0.6 is 0 Å². The Morgan fingerprint density at radius 3 is 3.00 bits per heavy atom. The molecule has 0 spiro atoms. The molecule has 3 nitrogen and oxygen atoms in total. The van der Waals surface area contributed by atoms with Crippen molar-refractivity contribution in [1.29, 1.82) is 0 Å². The Labute approximate surface area is 121 Å². The summed E-state index contributed by atoms with van der Waals surface area (Å²) < 4.78 is 5.19. The van der Waals surface area contributed by atoms with Gasteiger partial charge in [-0.2, -0.15) is 0 Å². The summed E-state index contributed by atoms with van der Waals surface area (Å²) in [7, 11) is 1.63. The molecule has 0 radical (unpaired) electrons. The molecule has 3 heteroatoms. The molecule has 1 aromatic carbocycles. The zero-order chi connectivity index (χ0) is 14.4. The zero-order valence-corrected chi connectivity index (χ0v) is 12.6. The lowest BCUT2D eigenvalue weighted by atomic mass is 9.97. The number of rotatable bonds is 6. The fourth-order valence-corrected chi connectivity index (χ4v) is 3.00. The Morgan fingerprint density at radius 2 is 2.25 bits per heavy atom. The van der Waals surface area contributed by atoms with E-state index in [1.54, 1.807) is 7.11 Å². The number of piperidine rings is 1. The first-order valence-corrected chi connectivity index (χ1v) is 7.66. The average Bonchev–Trinajstić information content (AvgIpc) is 2.49. The van der Waals surface area contributed by atoms with E-state index in [1.807, 2.05) is 24.3 Å². The molecule has 2 rings (SSSR count). The monoisotopic (exact) mass is 275 g/mol. The lowest BCUT2D eigenvalue weighted by Gasteiger charge is -2.35. The molecular formula is C17H25NO2. The van der Waals surface area contributed by atoms with E-state index in [1.165, 1.54) is 32.1 Å². The minimum Gasteiger partial charge on any atom is -0.497 e. The summed E-state index contributed by atoms with van der Waals surface area (Å²) in [5.41, 5.74) is 0.755. The number of hydrogen-bond acceptors (Lipinski definition) is 3. The normalized spacial score (nSPS) is 19.8. The second-order valence-electron chi connectivity index (χ2n) is 5.56. The Morgan fingerprint density at radius 1 is 1.40 bits per heavy atom. The second kappa shape index (κ2) is 7.44. The molecule has 1 aliphatic rings. The molecule has 1 unspecified atom stereocenters. The summed E-state index contributed by atoms with van der Waals surface area (Å²) in [5.74, 6) is 0.950. The molecule has 0 bridgehead atoms. The highest BCUT2D eigenvalue weighted by Crippen LogP contribution is 2.21. The number of ether oxygens (including phenoxy) is 1. The summed E-state index contributed by atoms with van der Waals surface area (Å²) in [6, 6.07) is 8.05. The van der Waals surface area contributed by atoms with Gasteiger partial charge in [0, 0.05) is 11.6 Å². The van der Waals surface area contributed by atoms with Crippen LogP contribution in [0.3, 0.4) is 0 Å². The highest BCUT2D eigenvalue weighted by Gasteiger charge is 2.23. The van der Waals surface area contributed by atoms with Crippen molar-refractivity contribution in [3.63, 3.8) is 0 Å². The number of carbonyl (C=O) groups is 1. The van der Waals surface area contributed by atoms with Gasteiger partial charge in [0.2, 0.25) is 0 Å². The van der Waals surface area contributed by atoms with Gasteiger partial charge in [0.1, 0.15) is 5.75 Å². The van der Waals surface area contributed by atoms with Crippen molar-refractivity contribution in [1.82, 2.24) is 4.90 Å². The predicted octanol–water partition coefficient (Wildman–Crippen LogP) is 3.53. The summed E-state index contributed by atoms with van der Waals surface area (Å²) in [6.07, 6.45) is 6.14. The molecule has 0 saturated carbocycles. The predicted molar refractivity (Wildman–Crippen MR) is 81.4 cm³/mol. The van der Waals surface area contributed by atoms with Crippen LogP contribution in [0, 0.1) is 0 Å². The first-order chi connectivity index (χ1) is 9.74. The average molecular weight is 275 g/mol. The molecule has 1 atom stereocenters. The fourth-order valence-electron chi connectivity index (χ4n) is 3.00. The Balaban J connectivity index is 2.01. The van der Waals surface area contributed by atoms with E-state index in [0.29, 0.717) is 12.6 Å². The van der Waals surface area contributed by atoms with E-state index < -0.39 is 0 Å². The standard InChI is InChI=1S/C17H25NO2/c1-3-7-15-9-4-5-11-18(15)13-17(19)14-8-6-10-16(12-14)20-2/h6,8,10,12,15H,3-5,7,9,11,13H2,1-2H3. The van der Waals surface area contributed by atoms with Crippen molar-refractivity contribution in [3.05, 3.63) is 29.8 Å². The topological polar surface area (TPSA) is 29.5 Å². The largest absolute Gasteiger partial charge is 0.497 e. The maximum absolute atomic E-state index is 12.4. The molecule has 0 N–H and O–H groups in total. The van der Waals surface area contributed by atoms with Crippen molar-refractivity contribution >= 4 is 5.78 Å². The lowest BCUT2D eigenvalue weighted by molar-refractivity contribution is 0.0831. The number of benzene rings is 1. The van der Waals surface area contributed by atoms with Crippen LogP contribution in [0.5, 0.6) is 5.75 Å². The Kier molecular flexibility index (Phi) is 5.60. The minimum atomic E-state index is 0.201. The van der Waals surface area contributed by atoms with E-state index in [0.717, 1.165) is 17.9 Å². The van der Waals surface area contributed by atoms with Crippen LogP contribution in [-0.2, 0) is 0 Å². The molecule has 20 heavy (non-hydrogen) atoms. The van der Waals surface area contributed by atoms with Crippen LogP contribution in [-0.4, -0.2) is 36.9 Å². The number of nitrogens with zero attached hydrogens (tertiary/aromatic N) is 1. The molecule has 1 fully saturated rings. The zero-order valence-electron chi connectivity index (χ0n) is 12.6. The molecule has 1 saturated heterocycles. The third kappa shape index (κ3) is 3.83. The van der Waals surface area contributed by atoms with E-state index in [4.69, 9.17) is 4.74 Å². The van der Waals surface area contributed by atoms with Gasteiger partial charge < -0.3 is 4.74 Å². The van der Waals surface area contributed by atoms with Gasteiger partial charge >= 0.3 is 0 Å². The van der Waals surface area contributed by atoms with Gasteiger partial charge in [0.25, 0.3) is 0 Å². The summed E-state index contributed by atoms with van der Waals surface area (Å²) in [6.45, 7) is 3.81. The lowest BCUT2D eigenvalue weighted by Crippen LogP contribution is -2.42. The number of carbonyl (C=O) groups excluding carboxylic acids is 1. The van der Waals surface area contributed by atoms with Crippen molar-refractivity contribution in [3.8, 4) is 5.75 Å². The van der Waals surface area contributed by atoms with Crippen molar-refractivity contribution in [2.45, 2.75) is 45.1 Å². The van der Waals surface area contributed by atoms with E-state index in [-0.39, 0.29) is 5.78 Å². The first-order valence-electron chi connectivity index (χ1n) is 7.66. The highest BCUT2D eigenvalue weighted by molar-refractivity contribution is 5.98. The van der Waals surface area contributed by atoms with Crippen molar-refractivity contribution in [2.75, 3.05) is 20.2 Å². The maximum atomic E-state index is 12.4. The fraction of sp³-hybridized carbons (Fsp3) is 0.588. The van der Waals surface area contributed by atoms with E-state index >= 15 is 0 Å². The molecule has 1 aromatic rings. The minimum absolute atomic E-state index is 0.201. The molecule has 0 aromatic heterocycles. The summed E-state index contributed by atoms with van der Waals surface area (Å²) in [4.78, 5) is 14.8. The van der Waals surface area contributed by atoms with Gasteiger partial charge in [-0.05, 0) is 37.9 Å². The number of ketones is 1. The van der Waals surface area contributed by atoms with Gasteiger partial charge in [-0.15, -0.1) is 0 Å². The third-order valence-electron chi connectivity index (χ3n) is 4.11. The van der Waals surface area contributed by atoms with Gasteiger partial charge in [0.15, 0.2) is 5.78 Å². The van der Waals surface area contributed by atoms with Crippen LogP contribution in [0.25, 0.3) is 0 Å². The second-order valence-corrected chi connectivity index (χ2v) is 5.56. The van der Waals surface area contributed by atoms with Gasteiger partial charge in [-0.25, -0.2) is 0 Å². The van der Waals surface area contributed by atoms with Crippen LogP contribution in [0.15, 0.2) is 24.3 Å². The number of hydrogen-bond donors (Lipinski definition) is 0. The van der Waals surface area contributed by atoms with Gasteiger partial charge in [0.05, 0.1) is 13.7 Å². The smallest absolute Gasteiger partial charge is 0.176 e. The molecule has 1 heterocycles. The van der Waals surface area contributed by atoms with Crippen LogP contribution in [0.1, 0.15) is 49.4 Å². The van der Waals surface area contributed by atoms with Crippen LogP contribution in [0.2, 0.25) is 0 Å². The number of likely N-dealkylation sites (tertiary alicyclic amines) is 1. The third-order valence-corrected chi connectivity index (χ3v) is 4.11. The van der Waals surface area contributed by atoms with Crippen molar-refractivity contribution in [2.24, 2.45) is 0 Å². The van der Waals surface area contributed by atoms with E-state index in [9.17, 15) is 4.79 Å². The SMILES string of the molecule is CCCC1CCCCN1CC(=O)c1cccc(OC)c1. The quantitative estimate of drug-likeness (QED) is 0.744. The molecule has 0 aliphatic carbocycles. The summed E-state index contributed by atoms with van der Waals surface area (Å²) in [5, 5.41) is 0. The Hall–Kier alpha value is -1.35. The molecular weight excluding hydrogens is 250 g/mol. The molecule has 0 amide bonds.